The van der Waals surface area contributed by atoms with E-state index >= 15 is 0 Å². The maximum Gasteiger partial charge on any atom is 0.318 e. The molecule has 2 saturated carbocycles. The van der Waals surface area contributed by atoms with E-state index in [0.717, 1.165) is 68.9 Å². The van der Waals surface area contributed by atoms with Crippen LogP contribution in [0, 0.1) is 0 Å². The smallest absolute Gasteiger partial charge is 0.318 e. The van der Waals surface area contributed by atoms with Gasteiger partial charge in [0.05, 0.1) is 6.42 Å². The molecule has 3 amide bonds. The summed E-state index contributed by atoms with van der Waals surface area (Å²) in [4.78, 5) is 42.2. The minimum atomic E-state index is -0.936. The van der Waals surface area contributed by atoms with Gasteiger partial charge in [0.15, 0.2) is 0 Å². The summed E-state index contributed by atoms with van der Waals surface area (Å²) in [5.41, 5.74) is 1.84. The van der Waals surface area contributed by atoms with Gasteiger partial charge in [-0.25, -0.2) is 4.79 Å². The van der Waals surface area contributed by atoms with E-state index in [2.05, 4.69) is 10.6 Å². The van der Waals surface area contributed by atoms with Gasteiger partial charge < -0.3 is 20.3 Å². The highest BCUT2D eigenvalue weighted by atomic mass is 16.5. The number of hydrogen-bond acceptors (Lipinski definition) is 4. The van der Waals surface area contributed by atoms with Gasteiger partial charge >= 0.3 is 12.0 Å². The number of nitrogens with one attached hydrogen (secondary N) is 2. The summed E-state index contributed by atoms with van der Waals surface area (Å²) < 4.78 is 5.56. The van der Waals surface area contributed by atoms with Gasteiger partial charge in [0.1, 0.15) is 12.6 Å². The molecule has 2 N–H and O–H groups in total. The fraction of sp³-hybridized carbons (Fsp3) is 0.516. The van der Waals surface area contributed by atoms with E-state index in [1.54, 1.807) is 4.90 Å². The Morgan fingerprint density at radius 1 is 0.789 bits per heavy atom. The van der Waals surface area contributed by atoms with E-state index in [1.807, 2.05) is 60.7 Å². The number of ether oxygens (including phenoxy) is 1. The van der Waals surface area contributed by atoms with Gasteiger partial charge in [-0.3, -0.25) is 9.59 Å². The molecule has 2 aromatic carbocycles. The molecule has 0 aromatic heterocycles. The van der Waals surface area contributed by atoms with Gasteiger partial charge in [0.25, 0.3) is 0 Å². The summed E-state index contributed by atoms with van der Waals surface area (Å²) in [5, 5.41) is 6.20. The molecule has 1 unspecified atom stereocenters. The van der Waals surface area contributed by atoms with Crippen molar-refractivity contribution in [2.24, 2.45) is 0 Å². The first-order chi connectivity index (χ1) is 18.6. The number of rotatable bonds is 10. The maximum atomic E-state index is 13.8. The SMILES string of the molecule is O=C(CC(C(=O)NCc1ccccc1)N(C(=O)NC1CCCCC1)C1CCCCC1)OCc1ccccc1. The van der Waals surface area contributed by atoms with Crippen molar-refractivity contribution in [1.82, 2.24) is 15.5 Å². The Morgan fingerprint density at radius 2 is 1.37 bits per heavy atom. The van der Waals surface area contributed by atoms with E-state index in [0.29, 0.717) is 6.54 Å². The van der Waals surface area contributed by atoms with Crippen LogP contribution in [0.1, 0.15) is 81.8 Å². The third-order valence-electron chi connectivity index (χ3n) is 7.69. The van der Waals surface area contributed by atoms with Gasteiger partial charge in [-0.15, -0.1) is 0 Å². The summed E-state index contributed by atoms with van der Waals surface area (Å²) in [5.74, 6) is -0.810. The number of benzene rings is 2. The van der Waals surface area contributed by atoms with Crippen LogP contribution in [0.5, 0.6) is 0 Å². The first kappa shape index (κ1) is 27.7. The standard InChI is InChI=1S/C31H41N3O4/c35-29(38-23-25-15-7-2-8-16-25)21-28(30(36)32-22-24-13-5-1-6-14-24)34(27-19-11-4-12-20-27)31(37)33-26-17-9-3-10-18-26/h1-2,5-8,13-16,26-28H,3-4,9-12,17-23H2,(H,32,36)(H,33,37). The van der Waals surface area contributed by atoms with Crippen LogP contribution in [0.15, 0.2) is 60.7 Å². The van der Waals surface area contributed by atoms with Gasteiger partial charge in [-0.05, 0) is 36.8 Å². The first-order valence-electron chi connectivity index (χ1n) is 14.2. The van der Waals surface area contributed by atoms with Crippen LogP contribution in [0.25, 0.3) is 0 Å². The molecule has 2 aliphatic rings. The third kappa shape index (κ3) is 8.33. The van der Waals surface area contributed by atoms with Gasteiger partial charge in [0, 0.05) is 18.6 Å². The van der Waals surface area contributed by atoms with Crippen molar-refractivity contribution in [1.29, 1.82) is 0 Å². The van der Waals surface area contributed by atoms with Crippen LogP contribution in [-0.4, -0.2) is 40.9 Å². The first-order valence-corrected chi connectivity index (χ1v) is 14.2. The number of hydrogen-bond donors (Lipinski definition) is 2. The Morgan fingerprint density at radius 3 is 2.00 bits per heavy atom. The fourth-order valence-corrected chi connectivity index (χ4v) is 5.59. The quantitative estimate of drug-likeness (QED) is 0.407. The predicted molar refractivity (Wildman–Crippen MR) is 147 cm³/mol. The average Bonchev–Trinajstić information content (AvgIpc) is 2.96. The lowest BCUT2D eigenvalue weighted by Gasteiger charge is -2.40. The zero-order chi connectivity index (χ0) is 26.6. The van der Waals surface area contributed by atoms with Crippen LogP contribution in [0.4, 0.5) is 4.79 Å². The number of carbonyl (C=O) groups excluding carboxylic acids is 3. The van der Waals surface area contributed by atoms with Crippen LogP contribution in [-0.2, 0) is 27.5 Å². The van der Waals surface area contributed by atoms with Gasteiger partial charge in [-0.1, -0.05) is 99.2 Å². The summed E-state index contributed by atoms with van der Waals surface area (Å²) >= 11 is 0. The molecule has 0 bridgehead atoms. The third-order valence-corrected chi connectivity index (χ3v) is 7.69. The Kier molecular flexibility index (Phi) is 10.6. The Bertz CT molecular complexity index is 1020. The molecule has 1 atom stereocenters. The molecular weight excluding hydrogens is 478 g/mol. The molecule has 0 spiro atoms. The number of nitrogens with zero attached hydrogens (tertiary/aromatic N) is 1. The minimum absolute atomic E-state index is 0.0817. The monoisotopic (exact) mass is 519 g/mol. The van der Waals surface area contributed by atoms with E-state index in [4.69, 9.17) is 4.74 Å². The predicted octanol–water partition coefficient (Wildman–Crippen LogP) is 5.48. The van der Waals surface area contributed by atoms with Gasteiger partial charge in [-0.2, -0.15) is 0 Å². The van der Waals surface area contributed by atoms with Crippen LogP contribution in [0.2, 0.25) is 0 Å². The molecule has 7 nitrogen and oxygen atoms in total. The largest absolute Gasteiger partial charge is 0.461 e. The number of urea groups is 1. The van der Waals surface area contributed by atoms with E-state index in [-0.39, 0.29) is 37.0 Å². The molecule has 4 rings (SSSR count). The second kappa shape index (κ2) is 14.6. The molecule has 2 aliphatic carbocycles. The molecule has 0 radical (unpaired) electrons. The van der Waals surface area contributed by atoms with E-state index in [9.17, 15) is 14.4 Å². The molecule has 0 aliphatic heterocycles. The average molecular weight is 520 g/mol. The second-order valence-corrected chi connectivity index (χ2v) is 10.6. The normalized spacial score (nSPS) is 17.3. The Hall–Kier alpha value is -3.35. The lowest BCUT2D eigenvalue weighted by atomic mass is 9.92. The van der Waals surface area contributed by atoms with Crippen molar-refractivity contribution in [2.75, 3.05) is 0 Å². The molecule has 0 saturated heterocycles. The van der Waals surface area contributed by atoms with Gasteiger partial charge in [0.2, 0.25) is 5.91 Å². The molecule has 2 fully saturated rings. The molecular formula is C31H41N3O4. The lowest BCUT2D eigenvalue weighted by molar-refractivity contribution is -0.148. The van der Waals surface area contributed by atoms with Crippen LogP contribution in [0.3, 0.4) is 0 Å². The second-order valence-electron chi connectivity index (χ2n) is 10.6. The minimum Gasteiger partial charge on any atom is -0.461 e. The summed E-state index contributed by atoms with van der Waals surface area (Å²) in [6.07, 6.45) is 9.92. The Labute approximate surface area is 226 Å². The summed E-state index contributed by atoms with van der Waals surface area (Å²) in [6, 6.07) is 18.0. The molecule has 7 heteroatoms. The van der Waals surface area contributed by atoms with Crippen molar-refractivity contribution in [3.63, 3.8) is 0 Å². The van der Waals surface area contributed by atoms with Crippen LogP contribution < -0.4 is 10.6 Å². The molecule has 0 heterocycles. The van der Waals surface area contributed by atoms with Crippen molar-refractivity contribution >= 4 is 17.9 Å². The number of amides is 3. The maximum absolute atomic E-state index is 13.8. The van der Waals surface area contributed by atoms with Crippen molar-refractivity contribution in [2.45, 2.75) is 102 Å². The van der Waals surface area contributed by atoms with E-state index in [1.165, 1.54) is 6.42 Å². The summed E-state index contributed by atoms with van der Waals surface area (Å²) in [6.45, 7) is 0.466. The molecule has 38 heavy (non-hydrogen) atoms. The van der Waals surface area contributed by atoms with Crippen LogP contribution >= 0.6 is 0 Å². The summed E-state index contributed by atoms with van der Waals surface area (Å²) in [7, 11) is 0. The highest BCUT2D eigenvalue weighted by Gasteiger charge is 2.38. The van der Waals surface area contributed by atoms with E-state index < -0.39 is 12.0 Å². The van der Waals surface area contributed by atoms with Crippen molar-refractivity contribution in [3.05, 3.63) is 71.8 Å². The topological polar surface area (TPSA) is 87.7 Å². The highest BCUT2D eigenvalue weighted by molar-refractivity contribution is 5.90. The fourth-order valence-electron chi connectivity index (χ4n) is 5.59. The van der Waals surface area contributed by atoms with Crippen molar-refractivity contribution in [3.8, 4) is 0 Å². The Balaban J connectivity index is 1.52. The molecule has 204 valence electrons. The molecule has 2 aromatic rings. The zero-order valence-corrected chi connectivity index (χ0v) is 22.3. The lowest BCUT2D eigenvalue weighted by Crippen LogP contribution is -2.59. The number of carbonyl (C=O) groups is 3. The van der Waals surface area contributed by atoms with Crippen molar-refractivity contribution < 1.29 is 19.1 Å². The number of esters is 1. The zero-order valence-electron chi connectivity index (χ0n) is 22.3. The highest BCUT2D eigenvalue weighted by Crippen LogP contribution is 2.27.